The first-order chi connectivity index (χ1) is 13.0. The molecule has 1 heterocycles. The van der Waals surface area contributed by atoms with Crippen LogP contribution in [-0.2, 0) is 16.0 Å². The van der Waals surface area contributed by atoms with Gasteiger partial charge in [0.2, 0.25) is 0 Å². The van der Waals surface area contributed by atoms with E-state index in [1.807, 2.05) is 52.9 Å². The van der Waals surface area contributed by atoms with Gasteiger partial charge in [-0.15, -0.1) is 0 Å². The summed E-state index contributed by atoms with van der Waals surface area (Å²) in [7, 11) is 1.37. The minimum atomic E-state index is -0.516. The Morgan fingerprint density at radius 3 is 2.50 bits per heavy atom. The van der Waals surface area contributed by atoms with Gasteiger partial charge in [-0.05, 0) is 59.2 Å². The van der Waals surface area contributed by atoms with Crippen molar-refractivity contribution in [2.45, 2.75) is 59.2 Å². The van der Waals surface area contributed by atoms with Crippen LogP contribution in [0, 0.1) is 0 Å². The van der Waals surface area contributed by atoms with Gasteiger partial charge in [0, 0.05) is 40.7 Å². The summed E-state index contributed by atoms with van der Waals surface area (Å²) in [6.07, 6.45) is 2.46. The maximum absolute atomic E-state index is 12.4. The van der Waals surface area contributed by atoms with Crippen molar-refractivity contribution in [1.82, 2.24) is 9.47 Å². The molecular weight excluding hydrogens is 424 g/mol. The number of esters is 1. The van der Waals surface area contributed by atoms with Crippen molar-refractivity contribution in [3.63, 3.8) is 0 Å². The van der Waals surface area contributed by atoms with Crippen LogP contribution >= 0.6 is 15.9 Å². The van der Waals surface area contributed by atoms with Crippen LogP contribution < -0.4 is 0 Å². The molecule has 28 heavy (non-hydrogen) atoms. The number of methoxy groups -OCH3 is 1. The number of hydrogen-bond donors (Lipinski definition) is 0. The minimum Gasteiger partial charge on any atom is -0.465 e. The molecule has 0 aliphatic carbocycles. The Morgan fingerprint density at radius 2 is 1.93 bits per heavy atom. The number of ether oxygens (including phenoxy) is 2. The summed E-state index contributed by atoms with van der Waals surface area (Å²) in [5.74, 6) is -0.369. The zero-order valence-electron chi connectivity index (χ0n) is 17.4. The van der Waals surface area contributed by atoms with Gasteiger partial charge >= 0.3 is 12.1 Å². The van der Waals surface area contributed by atoms with Crippen LogP contribution in [0.2, 0.25) is 0 Å². The second-order valence-corrected chi connectivity index (χ2v) is 8.87. The minimum absolute atomic E-state index is 0.0522. The fraction of sp³-hybridized carbons (Fsp3) is 0.524. The van der Waals surface area contributed by atoms with E-state index in [-0.39, 0.29) is 18.1 Å². The summed E-state index contributed by atoms with van der Waals surface area (Å²) in [6.45, 7) is 10.9. The van der Waals surface area contributed by atoms with Crippen molar-refractivity contribution in [3.8, 4) is 0 Å². The molecule has 1 amide bonds. The molecule has 0 bridgehead atoms. The predicted molar refractivity (Wildman–Crippen MR) is 114 cm³/mol. The lowest BCUT2D eigenvalue weighted by molar-refractivity contribution is 0.0186. The summed E-state index contributed by atoms with van der Waals surface area (Å²) in [5, 5.41) is 1.03. The highest BCUT2D eigenvalue weighted by Gasteiger charge is 2.23. The Morgan fingerprint density at radius 1 is 1.25 bits per heavy atom. The second kappa shape index (κ2) is 8.99. The van der Waals surface area contributed by atoms with Gasteiger partial charge < -0.3 is 18.9 Å². The molecule has 0 aliphatic rings. The molecule has 0 saturated carbocycles. The molecular formula is C21H29BrN2O4. The molecule has 0 fully saturated rings. The average Bonchev–Trinajstić information content (AvgIpc) is 2.99. The van der Waals surface area contributed by atoms with Crippen molar-refractivity contribution >= 4 is 38.9 Å². The Kier molecular flexibility index (Phi) is 7.15. The normalized spacial score (nSPS) is 11.7. The first kappa shape index (κ1) is 22.3. The van der Waals surface area contributed by atoms with E-state index in [0.717, 1.165) is 21.8 Å². The zero-order valence-corrected chi connectivity index (χ0v) is 19.0. The van der Waals surface area contributed by atoms with Crippen LogP contribution in [0.5, 0.6) is 0 Å². The lowest BCUT2D eigenvalue weighted by Crippen LogP contribution is -2.41. The number of carbonyl (C=O) groups is 2. The number of nitrogens with zero attached hydrogens (tertiary/aromatic N) is 2. The number of halogens is 1. The fourth-order valence-electron chi connectivity index (χ4n) is 2.97. The Labute approximate surface area is 174 Å². The Bertz CT molecular complexity index is 852. The number of amides is 1. The third kappa shape index (κ3) is 5.50. The second-order valence-electron chi connectivity index (χ2n) is 8.01. The van der Waals surface area contributed by atoms with Gasteiger partial charge in [0.1, 0.15) is 5.60 Å². The molecule has 1 aromatic heterocycles. The quantitative estimate of drug-likeness (QED) is 0.563. The maximum Gasteiger partial charge on any atom is 0.410 e. The van der Waals surface area contributed by atoms with Crippen molar-refractivity contribution in [3.05, 3.63) is 34.4 Å². The molecule has 7 heteroatoms. The number of fused-ring (bicyclic) bond motifs is 1. The third-order valence-corrected chi connectivity index (χ3v) is 4.96. The molecule has 2 rings (SSSR count). The van der Waals surface area contributed by atoms with Crippen molar-refractivity contribution in [2.24, 2.45) is 0 Å². The number of carbonyl (C=O) groups excluding carboxylic acids is 2. The van der Waals surface area contributed by atoms with Gasteiger partial charge in [-0.25, -0.2) is 9.59 Å². The molecule has 0 atom stereocenters. The smallest absolute Gasteiger partial charge is 0.410 e. The summed E-state index contributed by atoms with van der Waals surface area (Å²) < 4.78 is 13.3. The number of aryl methyl sites for hydroxylation is 1. The van der Waals surface area contributed by atoms with E-state index in [4.69, 9.17) is 9.47 Å². The molecule has 154 valence electrons. The van der Waals surface area contributed by atoms with Gasteiger partial charge in [0.15, 0.2) is 0 Å². The standard InChI is InChI=1S/C21H29BrN2O4/c1-14(2)24(20(26)28-21(3,4)5)10-7-9-23-11-8-16-17(22)12-15(13-18(16)23)19(25)27-6/h8,11-14H,7,9-10H2,1-6H3. The van der Waals surface area contributed by atoms with Crippen LogP contribution in [0.15, 0.2) is 28.9 Å². The zero-order chi connectivity index (χ0) is 21.1. The summed E-state index contributed by atoms with van der Waals surface area (Å²) in [4.78, 5) is 26.1. The molecule has 1 aromatic carbocycles. The van der Waals surface area contributed by atoms with Crippen LogP contribution in [0.1, 0.15) is 51.4 Å². The van der Waals surface area contributed by atoms with E-state index >= 15 is 0 Å². The lowest BCUT2D eigenvalue weighted by atomic mass is 10.1. The molecule has 0 spiro atoms. The topological polar surface area (TPSA) is 60.8 Å². The highest BCUT2D eigenvalue weighted by molar-refractivity contribution is 9.10. The van der Waals surface area contributed by atoms with Crippen molar-refractivity contribution in [1.29, 1.82) is 0 Å². The van der Waals surface area contributed by atoms with Crippen molar-refractivity contribution < 1.29 is 19.1 Å². The van der Waals surface area contributed by atoms with Gasteiger partial charge in [-0.1, -0.05) is 15.9 Å². The summed E-state index contributed by atoms with van der Waals surface area (Å²) in [5.41, 5.74) is 0.930. The molecule has 2 aromatic rings. The van der Waals surface area contributed by atoms with Crippen LogP contribution in [0.25, 0.3) is 10.9 Å². The number of aromatic nitrogens is 1. The van der Waals surface area contributed by atoms with Gasteiger partial charge in [0.25, 0.3) is 0 Å². The summed E-state index contributed by atoms with van der Waals surface area (Å²) >= 11 is 3.53. The van der Waals surface area contributed by atoms with E-state index in [2.05, 4.69) is 20.5 Å². The van der Waals surface area contributed by atoms with Gasteiger partial charge in [-0.2, -0.15) is 0 Å². The fourth-order valence-corrected chi connectivity index (χ4v) is 3.56. The largest absolute Gasteiger partial charge is 0.465 e. The van der Waals surface area contributed by atoms with Crippen molar-refractivity contribution in [2.75, 3.05) is 13.7 Å². The SMILES string of the molecule is COC(=O)c1cc(Br)c2ccn(CCCN(C(=O)OC(C)(C)C)C(C)C)c2c1. The Balaban J connectivity index is 2.13. The van der Waals surface area contributed by atoms with E-state index in [1.54, 1.807) is 11.0 Å². The molecule has 0 aliphatic heterocycles. The number of rotatable bonds is 6. The van der Waals surface area contributed by atoms with Gasteiger partial charge in [0.05, 0.1) is 12.7 Å². The highest BCUT2D eigenvalue weighted by Crippen LogP contribution is 2.27. The van der Waals surface area contributed by atoms with E-state index in [9.17, 15) is 9.59 Å². The maximum atomic E-state index is 12.4. The lowest BCUT2D eigenvalue weighted by Gasteiger charge is -2.30. The van der Waals surface area contributed by atoms with Gasteiger partial charge in [-0.3, -0.25) is 0 Å². The highest BCUT2D eigenvalue weighted by atomic mass is 79.9. The predicted octanol–water partition coefficient (Wildman–Crippen LogP) is 5.23. The molecule has 6 nitrogen and oxygen atoms in total. The first-order valence-corrected chi connectivity index (χ1v) is 10.2. The summed E-state index contributed by atoms with van der Waals surface area (Å²) in [6, 6.07) is 5.66. The number of hydrogen-bond acceptors (Lipinski definition) is 4. The number of benzene rings is 1. The van der Waals surface area contributed by atoms with Crippen LogP contribution in [-0.4, -0.2) is 46.8 Å². The van der Waals surface area contributed by atoms with Crippen LogP contribution in [0.4, 0.5) is 4.79 Å². The van der Waals surface area contributed by atoms with E-state index in [1.165, 1.54) is 7.11 Å². The molecule has 0 N–H and O–H groups in total. The first-order valence-electron chi connectivity index (χ1n) is 9.40. The monoisotopic (exact) mass is 452 g/mol. The Hall–Kier alpha value is -2.02. The van der Waals surface area contributed by atoms with E-state index in [0.29, 0.717) is 18.7 Å². The van der Waals surface area contributed by atoms with Crippen LogP contribution in [0.3, 0.4) is 0 Å². The molecule has 0 saturated heterocycles. The molecule has 0 radical (unpaired) electrons. The molecule has 0 unspecified atom stereocenters. The van der Waals surface area contributed by atoms with E-state index < -0.39 is 5.60 Å². The average molecular weight is 453 g/mol. The third-order valence-electron chi connectivity index (χ3n) is 4.31.